The fourth-order valence-corrected chi connectivity index (χ4v) is 0. The number of thiocarbonyl (C=S) groups is 1. The van der Waals surface area contributed by atoms with Gasteiger partial charge in [0.25, 0.3) is 0 Å². The standard InChI is InChI=1S/C2H5NS.H2S/c1-2(3)4;/h1H3,(H2,3,4);1H2. The Morgan fingerprint density at radius 1 is 1.80 bits per heavy atom. The van der Waals surface area contributed by atoms with Crippen LogP contribution in [0.2, 0.25) is 0 Å². The summed E-state index contributed by atoms with van der Waals surface area (Å²) in [4.78, 5) is 0.500. The van der Waals surface area contributed by atoms with E-state index in [4.69, 9.17) is 5.73 Å². The maximum atomic E-state index is 4.84. The lowest BCUT2D eigenvalue weighted by Gasteiger charge is -1.65. The Bertz CT molecular complexity index is 30.6. The van der Waals surface area contributed by atoms with Gasteiger partial charge in [-0.1, -0.05) is 12.2 Å². The van der Waals surface area contributed by atoms with Gasteiger partial charge in [-0.15, -0.1) is 0 Å². The third-order valence-corrected chi connectivity index (χ3v) is 0. The minimum atomic E-state index is 0. The topological polar surface area (TPSA) is 26.0 Å². The lowest BCUT2D eigenvalue weighted by molar-refractivity contribution is 1.73. The molecule has 3 heteroatoms. The lowest BCUT2D eigenvalue weighted by Crippen LogP contribution is -1.98. The average Bonchev–Trinajstić information content (AvgIpc) is 0.811. The first kappa shape index (κ1) is 8.97. The van der Waals surface area contributed by atoms with Gasteiger partial charge in [-0.05, 0) is 6.92 Å². The van der Waals surface area contributed by atoms with Gasteiger partial charge in [0.15, 0.2) is 0 Å². The molecule has 0 fully saturated rings. The normalized spacial score (nSPS) is 5.00. The van der Waals surface area contributed by atoms with E-state index in [0.29, 0.717) is 4.99 Å². The van der Waals surface area contributed by atoms with E-state index in [1.165, 1.54) is 0 Å². The molecule has 2 N–H and O–H groups in total. The minimum absolute atomic E-state index is 0. The van der Waals surface area contributed by atoms with E-state index in [9.17, 15) is 0 Å². The summed E-state index contributed by atoms with van der Waals surface area (Å²) in [6.07, 6.45) is 0. The van der Waals surface area contributed by atoms with E-state index in [-0.39, 0.29) is 13.5 Å². The molecule has 1 nitrogen and oxygen atoms in total. The zero-order valence-corrected chi connectivity index (χ0v) is 4.80. The van der Waals surface area contributed by atoms with Crippen molar-refractivity contribution >= 4 is 30.7 Å². The molecule has 0 unspecified atom stereocenters. The summed E-state index contributed by atoms with van der Waals surface area (Å²) in [5.74, 6) is 0. The van der Waals surface area contributed by atoms with Crippen LogP contribution >= 0.6 is 25.7 Å². The largest absolute Gasteiger partial charge is 0.394 e. The molecule has 0 bridgehead atoms. The highest BCUT2D eigenvalue weighted by Gasteiger charge is 1.54. The van der Waals surface area contributed by atoms with Crippen molar-refractivity contribution in [1.82, 2.24) is 0 Å². The smallest absolute Gasteiger partial charge is 0.0695 e. The monoisotopic (exact) mass is 109 g/mol. The predicted molar refractivity (Wildman–Crippen MR) is 32.8 cm³/mol. The molecule has 0 rings (SSSR count). The molecule has 0 aromatic carbocycles. The van der Waals surface area contributed by atoms with Crippen LogP contribution in [0, 0.1) is 0 Å². The molecule has 0 aliphatic rings. The van der Waals surface area contributed by atoms with Crippen LogP contribution in [-0.4, -0.2) is 4.99 Å². The van der Waals surface area contributed by atoms with Crippen molar-refractivity contribution in [3.05, 3.63) is 0 Å². The van der Waals surface area contributed by atoms with Gasteiger partial charge in [0.05, 0.1) is 4.99 Å². The molecule has 0 saturated heterocycles. The van der Waals surface area contributed by atoms with Gasteiger partial charge in [-0.2, -0.15) is 13.5 Å². The van der Waals surface area contributed by atoms with Gasteiger partial charge < -0.3 is 5.73 Å². The van der Waals surface area contributed by atoms with Gasteiger partial charge in [-0.25, -0.2) is 0 Å². The molecule has 0 aromatic heterocycles. The highest BCUT2D eigenvalue weighted by atomic mass is 32.1. The summed E-state index contributed by atoms with van der Waals surface area (Å²) in [6.45, 7) is 1.68. The molecule has 0 aliphatic carbocycles. The van der Waals surface area contributed by atoms with Crippen molar-refractivity contribution in [3.8, 4) is 0 Å². The maximum absolute atomic E-state index is 4.84. The van der Waals surface area contributed by atoms with E-state index in [1.54, 1.807) is 6.92 Å². The van der Waals surface area contributed by atoms with Gasteiger partial charge in [-0.3, -0.25) is 0 Å². The Hall–Kier alpha value is 0.240. The van der Waals surface area contributed by atoms with Crippen molar-refractivity contribution < 1.29 is 0 Å². The van der Waals surface area contributed by atoms with Crippen LogP contribution in [-0.2, 0) is 0 Å². The quantitative estimate of drug-likeness (QED) is 0.456. The first-order valence-corrected chi connectivity index (χ1v) is 1.40. The lowest BCUT2D eigenvalue weighted by atomic mass is 10.8. The number of rotatable bonds is 0. The molecule has 0 saturated carbocycles. The molecule has 0 atom stereocenters. The highest BCUT2D eigenvalue weighted by Crippen LogP contribution is 1.48. The zero-order valence-electron chi connectivity index (χ0n) is 2.99. The number of nitrogens with two attached hydrogens (primary N) is 1. The Morgan fingerprint density at radius 2 is 1.80 bits per heavy atom. The summed E-state index contributed by atoms with van der Waals surface area (Å²) < 4.78 is 0. The van der Waals surface area contributed by atoms with Crippen LogP contribution in [0.4, 0.5) is 0 Å². The summed E-state index contributed by atoms with van der Waals surface area (Å²) >= 11 is 4.31. The Balaban J connectivity index is 0. The van der Waals surface area contributed by atoms with Crippen molar-refractivity contribution in [2.24, 2.45) is 5.73 Å². The van der Waals surface area contributed by atoms with Crippen LogP contribution in [0.25, 0.3) is 0 Å². The van der Waals surface area contributed by atoms with E-state index in [0.717, 1.165) is 0 Å². The summed E-state index contributed by atoms with van der Waals surface area (Å²) in [5, 5.41) is 0. The fourth-order valence-electron chi connectivity index (χ4n) is 0. The molecule has 0 amide bonds. The predicted octanol–water partition coefficient (Wildman–Crippen LogP) is 0.405. The SMILES string of the molecule is CC(N)=S.S. The summed E-state index contributed by atoms with van der Waals surface area (Å²) in [6, 6.07) is 0. The number of hydrogen-bond donors (Lipinski definition) is 1. The molecule has 0 radical (unpaired) electrons. The molecule has 0 spiro atoms. The molecule has 0 aromatic rings. The van der Waals surface area contributed by atoms with Gasteiger partial charge >= 0.3 is 0 Å². The third-order valence-electron chi connectivity index (χ3n) is 0. The second-order valence-corrected chi connectivity index (χ2v) is 1.25. The zero-order chi connectivity index (χ0) is 3.58. The molecule has 5 heavy (non-hydrogen) atoms. The van der Waals surface area contributed by atoms with Crippen LogP contribution in [0.15, 0.2) is 0 Å². The highest BCUT2D eigenvalue weighted by molar-refractivity contribution is 7.80. The van der Waals surface area contributed by atoms with Crippen LogP contribution in [0.3, 0.4) is 0 Å². The fraction of sp³-hybridized carbons (Fsp3) is 0.500. The van der Waals surface area contributed by atoms with E-state index in [1.807, 2.05) is 0 Å². The second kappa shape index (κ2) is 4.24. The van der Waals surface area contributed by atoms with Crippen LogP contribution in [0.5, 0.6) is 0 Å². The first-order valence-electron chi connectivity index (χ1n) is 0.993. The van der Waals surface area contributed by atoms with Crippen molar-refractivity contribution in [3.63, 3.8) is 0 Å². The van der Waals surface area contributed by atoms with Gasteiger partial charge in [0, 0.05) is 0 Å². The molecular weight excluding hydrogens is 102 g/mol. The Labute approximate surface area is 44.0 Å². The minimum Gasteiger partial charge on any atom is -0.394 e. The van der Waals surface area contributed by atoms with E-state index in [2.05, 4.69) is 12.2 Å². The van der Waals surface area contributed by atoms with E-state index < -0.39 is 0 Å². The van der Waals surface area contributed by atoms with E-state index >= 15 is 0 Å². The summed E-state index contributed by atoms with van der Waals surface area (Å²) in [7, 11) is 0. The molecule has 0 aliphatic heterocycles. The summed E-state index contributed by atoms with van der Waals surface area (Å²) in [5.41, 5.74) is 4.84. The first-order chi connectivity index (χ1) is 1.73. The molecule has 32 valence electrons. The number of hydrogen-bond acceptors (Lipinski definition) is 1. The Kier molecular flexibility index (Phi) is 7.61. The molecule has 0 heterocycles. The third kappa shape index (κ3) is 369. The van der Waals surface area contributed by atoms with Gasteiger partial charge in [0.1, 0.15) is 0 Å². The Morgan fingerprint density at radius 3 is 1.80 bits per heavy atom. The van der Waals surface area contributed by atoms with Crippen molar-refractivity contribution in [2.75, 3.05) is 0 Å². The van der Waals surface area contributed by atoms with Crippen molar-refractivity contribution in [2.45, 2.75) is 6.92 Å². The van der Waals surface area contributed by atoms with Crippen molar-refractivity contribution in [1.29, 1.82) is 0 Å². The average molecular weight is 109 g/mol. The molecular formula is C2H7NS2. The maximum Gasteiger partial charge on any atom is 0.0695 e. The van der Waals surface area contributed by atoms with Crippen LogP contribution < -0.4 is 5.73 Å². The van der Waals surface area contributed by atoms with Gasteiger partial charge in [0.2, 0.25) is 0 Å². The second-order valence-electron chi connectivity index (χ2n) is 0.611. The van der Waals surface area contributed by atoms with Crippen LogP contribution in [0.1, 0.15) is 6.92 Å².